The normalized spacial score (nSPS) is 12.5. The van der Waals surface area contributed by atoms with E-state index in [1.54, 1.807) is 23.7 Å². The summed E-state index contributed by atoms with van der Waals surface area (Å²) >= 11 is 1.66. The smallest absolute Gasteiger partial charge is 0.162 e. The molecule has 0 aliphatic rings. The number of allylic oxidation sites excluding steroid dienone is 2. The Balaban J connectivity index is 0.000000374. The Hall–Kier alpha value is -2.99. The third-order valence-corrected chi connectivity index (χ3v) is 10.8. The number of nitrogens with zero attached hydrogens (tertiary/aromatic N) is 2. The van der Waals surface area contributed by atoms with E-state index in [4.69, 9.17) is 0 Å². The van der Waals surface area contributed by atoms with Crippen LogP contribution < -0.4 is 0 Å². The van der Waals surface area contributed by atoms with Crippen LogP contribution in [-0.4, -0.2) is 20.9 Å². The summed E-state index contributed by atoms with van der Waals surface area (Å²) in [5.74, 6) is 0.245. The van der Waals surface area contributed by atoms with E-state index in [9.17, 15) is 9.90 Å². The van der Waals surface area contributed by atoms with E-state index in [1.807, 2.05) is 33.8 Å². The Labute approximate surface area is 322 Å². The van der Waals surface area contributed by atoms with Gasteiger partial charge in [0.05, 0.1) is 17.1 Å². The van der Waals surface area contributed by atoms with Gasteiger partial charge in [-0.25, -0.2) is 4.98 Å². The molecule has 2 heterocycles. The maximum absolute atomic E-state index is 15.4. The molecule has 0 unspecified atom stereocenters. The number of aryl methyl sites for hydroxylation is 1. The Morgan fingerprint density at radius 1 is 0.882 bits per heavy atom. The fraction of sp³-hybridized carbons (Fsp3) is 0.477. The SMILES string of the molecule is CCC(CC)C(=O)/C=C(\O)C(CC)CC.Cc1c(CC(C)(C)C)ccc2c1sc1c(-c3[c-]c4cc(CC(C)(C)C)ccc4cc3F)ncnc12.[Ir]. The summed E-state index contributed by atoms with van der Waals surface area (Å²) < 4.78 is 17.5. The Morgan fingerprint density at radius 3 is 2.10 bits per heavy atom. The van der Waals surface area contributed by atoms with E-state index < -0.39 is 0 Å². The van der Waals surface area contributed by atoms with Crippen LogP contribution in [-0.2, 0) is 37.7 Å². The number of ketones is 1. The number of hydrogen-bond acceptors (Lipinski definition) is 5. The second-order valence-corrected chi connectivity index (χ2v) is 17.1. The van der Waals surface area contributed by atoms with Gasteiger partial charge >= 0.3 is 0 Å². The molecule has 5 aromatic rings. The molecule has 0 amide bonds. The second-order valence-electron chi connectivity index (χ2n) is 16.1. The van der Waals surface area contributed by atoms with Crippen molar-refractivity contribution in [3.8, 4) is 11.3 Å². The zero-order chi connectivity index (χ0) is 37.0. The van der Waals surface area contributed by atoms with Crippen molar-refractivity contribution in [3.63, 3.8) is 0 Å². The van der Waals surface area contributed by atoms with Gasteiger partial charge in [-0.05, 0) is 67.4 Å². The van der Waals surface area contributed by atoms with Gasteiger partial charge in [0.1, 0.15) is 6.33 Å². The number of aromatic nitrogens is 2. The molecule has 0 bridgehead atoms. The van der Waals surface area contributed by atoms with Crippen LogP contribution in [0.4, 0.5) is 4.39 Å². The number of rotatable bonds is 10. The van der Waals surface area contributed by atoms with Gasteiger partial charge in [0.2, 0.25) is 0 Å². The summed E-state index contributed by atoms with van der Waals surface area (Å²) in [7, 11) is 0. The van der Waals surface area contributed by atoms with Gasteiger partial charge in [0.25, 0.3) is 0 Å². The molecular formula is C44H56FIrN2O2S-. The molecule has 0 aliphatic heterocycles. The average Bonchev–Trinajstić information content (AvgIpc) is 3.42. The minimum Gasteiger partial charge on any atom is -0.512 e. The molecule has 0 spiro atoms. The quantitative estimate of drug-likeness (QED) is 0.0862. The molecule has 0 atom stereocenters. The van der Waals surface area contributed by atoms with Crippen LogP contribution in [0, 0.1) is 41.5 Å². The first-order valence-corrected chi connectivity index (χ1v) is 19.1. The predicted octanol–water partition coefficient (Wildman–Crippen LogP) is 13.0. The van der Waals surface area contributed by atoms with Gasteiger partial charge in [-0.1, -0.05) is 116 Å². The minimum absolute atomic E-state index is 0. The maximum atomic E-state index is 15.4. The first-order chi connectivity index (χ1) is 23.5. The Kier molecular flexibility index (Phi) is 14.7. The molecule has 3 aromatic carbocycles. The molecule has 2 aromatic heterocycles. The molecule has 51 heavy (non-hydrogen) atoms. The van der Waals surface area contributed by atoms with E-state index >= 15 is 4.39 Å². The number of carbonyl (C=O) groups is 1. The van der Waals surface area contributed by atoms with Gasteiger partial charge in [-0.15, -0.1) is 28.9 Å². The van der Waals surface area contributed by atoms with Gasteiger partial charge in [0, 0.05) is 58.5 Å². The molecule has 0 aliphatic carbocycles. The third-order valence-electron chi connectivity index (χ3n) is 9.45. The maximum Gasteiger partial charge on any atom is 0.162 e. The van der Waals surface area contributed by atoms with E-state index in [-0.39, 0.29) is 60.1 Å². The minimum atomic E-state index is -0.302. The fourth-order valence-electron chi connectivity index (χ4n) is 6.67. The van der Waals surface area contributed by atoms with Crippen molar-refractivity contribution < 1.29 is 34.4 Å². The van der Waals surface area contributed by atoms with Gasteiger partial charge in [-0.3, -0.25) is 14.2 Å². The molecular weight excluding hydrogens is 832 g/mol. The summed E-state index contributed by atoms with van der Waals surface area (Å²) in [6.45, 7) is 23.7. The van der Waals surface area contributed by atoms with Crippen LogP contribution in [0.3, 0.4) is 0 Å². The van der Waals surface area contributed by atoms with Crippen molar-refractivity contribution in [1.82, 2.24) is 9.97 Å². The van der Waals surface area contributed by atoms with Crippen molar-refractivity contribution >= 4 is 48.2 Å². The average molecular weight is 888 g/mol. The first-order valence-electron chi connectivity index (χ1n) is 18.2. The zero-order valence-corrected chi connectivity index (χ0v) is 35.6. The fourth-order valence-corrected chi connectivity index (χ4v) is 7.94. The van der Waals surface area contributed by atoms with Gasteiger partial charge in [-0.2, -0.15) is 0 Å². The van der Waals surface area contributed by atoms with E-state index in [0.29, 0.717) is 11.3 Å². The van der Waals surface area contributed by atoms with Crippen LogP contribution >= 0.6 is 11.3 Å². The van der Waals surface area contributed by atoms with Gasteiger partial charge < -0.3 is 5.11 Å². The van der Waals surface area contributed by atoms with E-state index in [2.05, 4.69) is 88.8 Å². The molecule has 7 heteroatoms. The Morgan fingerprint density at radius 2 is 1.51 bits per heavy atom. The molecule has 5 rings (SSSR count). The number of hydrogen-bond donors (Lipinski definition) is 1. The molecule has 1 radical (unpaired) electrons. The van der Waals surface area contributed by atoms with Crippen LogP contribution in [0.1, 0.15) is 112 Å². The molecule has 0 saturated heterocycles. The van der Waals surface area contributed by atoms with E-state index in [1.165, 1.54) is 27.5 Å². The predicted molar refractivity (Wildman–Crippen MR) is 212 cm³/mol. The monoisotopic (exact) mass is 888 g/mol. The van der Waals surface area contributed by atoms with Crippen LogP contribution in [0.15, 0.2) is 54.6 Å². The van der Waals surface area contributed by atoms with Crippen molar-refractivity contribution in [2.75, 3.05) is 0 Å². The molecule has 1 N–H and O–H groups in total. The number of halogens is 1. The van der Waals surface area contributed by atoms with Crippen molar-refractivity contribution in [3.05, 3.63) is 83.1 Å². The Bertz CT molecular complexity index is 1990. The number of benzene rings is 3. The topological polar surface area (TPSA) is 63.1 Å². The number of aliphatic hydroxyl groups excluding tert-OH is 1. The molecule has 0 fully saturated rings. The zero-order valence-electron chi connectivity index (χ0n) is 32.4. The first kappa shape index (κ1) is 42.4. The summed E-state index contributed by atoms with van der Waals surface area (Å²) in [6.07, 6.45) is 8.42. The van der Waals surface area contributed by atoms with Crippen LogP contribution in [0.2, 0.25) is 0 Å². The number of fused-ring (bicyclic) bond motifs is 4. The summed E-state index contributed by atoms with van der Waals surface area (Å²) in [5.41, 5.74) is 6.16. The number of thiophene rings is 1. The van der Waals surface area contributed by atoms with E-state index in [0.717, 1.165) is 64.9 Å². The van der Waals surface area contributed by atoms with Gasteiger partial charge in [0.15, 0.2) is 5.78 Å². The largest absolute Gasteiger partial charge is 0.512 e. The number of carbonyl (C=O) groups excluding carboxylic acids is 1. The van der Waals surface area contributed by atoms with Crippen molar-refractivity contribution in [1.29, 1.82) is 0 Å². The standard InChI is InChI=1S/C31H32FN2S.C13H24O2.Ir/c1-18-21(16-31(5,6)7)10-11-23-26-29(35-28(18)23)27(34-17-33-26)24-13-22-12-19(15-30(2,3)4)8-9-20(22)14-25(24)32;1-5-10(6-2)12(14)9-13(15)11(7-3)8-4;/h8-12,14,17H,15-16H2,1-7H3;9-11,14H,5-8H2,1-4H3;/q-1;;/b;12-9-;. The van der Waals surface area contributed by atoms with Crippen LogP contribution in [0.5, 0.6) is 0 Å². The summed E-state index contributed by atoms with van der Waals surface area (Å²) in [5, 5.41) is 12.6. The summed E-state index contributed by atoms with van der Waals surface area (Å²) in [6, 6.07) is 15.6. The molecule has 277 valence electrons. The number of aliphatic hydroxyl groups is 1. The molecule has 4 nitrogen and oxygen atoms in total. The van der Waals surface area contributed by atoms with Crippen molar-refractivity contribution in [2.45, 2.75) is 115 Å². The summed E-state index contributed by atoms with van der Waals surface area (Å²) in [4.78, 5) is 20.9. The molecule has 0 saturated carbocycles. The third kappa shape index (κ3) is 10.6. The second kappa shape index (κ2) is 17.7. The van der Waals surface area contributed by atoms with Crippen molar-refractivity contribution in [2.24, 2.45) is 22.7 Å². The van der Waals surface area contributed by atoms with Crippen LogP contribution in [0.25, 0.3) is 42.3 Å².